The van der Waals surface area contributed by atoms with Crippen molar-refractivity contribution in [2.24, 2.45) is 7.05 Å². The van der Waals surface area contributed by atoms with E-state index in [0.29, 0.717) is 36.7 Å². The number of nitrogens with zero attached hydrogens (tertiary/aromatic N) is 6. The van der Waals surface area contributed by atoms with Crippen LogP contribution in [0.15, 0.2) is 67.1 Å². The number of rotatable bonds is 9. The molecule has 1 aliphatic heterocycles. The Hall–Kier alpha value is -4.15. The molecule has 190 valence electrons. The van der Waals surface area contributed by atoms with E-state index in [0.717, 1.165) is 42.1 Å². The van der Waals surface area contributed by atoms with E-state index in [1.807, 2.05) is 48.0 Å². The number of benzene rings is 2. The molecule has 2 aromatic carbocycles. The van der Waals surface area contributed by atoms with Crippen molar-refractivity contribution in [3.63, 3.8) is 0 Å². The Kier molecular flexibility index (Phi) is 7.48. The van der Waals surface area contributed by atoms with E-state index in [-0.39, 0.29) is 12.0 Å². The maximum absolute atomic E-state index is 12.9. The van der Waals surface area contributed by atoms with Crippen LogP contribution in [0.4, 0.5) is 5.69 Å². The van der Waals surface area contributed by atoms with Gasteiger partial charge in [-0.25, -0.2) is 9.97 Å². The molecule has 0 aliphatic carbocycles. The first-order valence-corrected chi connectivity index (χ1v) is 12.3. The van der Waals surface area contributed by atoms with Crippen molar-refractivity contribution >= 4 is 11.6 Å². The molecule has 1 saturated heterocycles. The molecule has 37 heavy (non-hydrogen) atoms. The number of aliphatic hydroxyl groups is 1. The largest absolute Gasteiger partial charge is 0.392 e. The zero-order valence-electron chi connectivity index (χ0n) is 20.7. The number of aromatic nitrogens is 5. The maximum Gasteiger partial charge on any atom is 0.251 e. The van der Waals surface area contributed by atoms with Crippen LogP contribution in [0.5, 0.6) is 0 Å². The zero-order chi connectivity index (χ0) is 25.6. The molecule has 3 heterocycles. The summed E-state index contributed by atoms with van der Waals surface area (Å²) in [5.74, 6) is 1.26. The highest BCUT2D eigenvalue weighted by atomic mass is 16.3. The molecule has 0 bridgehead atoms. The molecule has 1 unspecified atom stereocenters. The Morgan fingerprint density at radius 2 is 1.95 bits per heavy atom. The second-order valence-corrected chi connectivity index (χ2v) is 9.16. The normalized spacial score (nSPS) is 15.6. The third-order valence-electron chi connectivity index (χ3n) is 6.55. The molecule has 2 aromatic heterocycles. The molecule has 10 nitrogen and oxygen atoms in total. The monoisotopic (exact) mass is 498 g/mol. The Morgan fingerprint density at radius 1 is 1.08 bits per heavy atom. The molecule has 4 aromatic rings. The van der Waals surface area contributed by atoms with Crippen molar-refractivity contribution in [1.29, 1.82) is 0 Å². The summed E-state index contributed by atoms with van der Waals surface area (Å²) in [5.41, 5.74) is 4.33. The number of β-amino-alcohol motifs (C(OH)–C–C–N with tert-alkyl or cyclic N) is 1. The summed E-state index contributed by atoms with van der Waals surface area (Å²) in [6, 6.07) is 17.3. The lowest BCUT2D eigenvalue weighted by Crippen LogP contribution is -2.25. The van der Waals surface area contributed by atoms with Gasteiger partial charge in [0.15, 0.2) is 11.6 Å². The number of amides is 1. The van der Waals surface area contributed by atoms with Gasteiger partial charge in [0, 0.05) is 50.7 Å². The van der Waals surface area contributed by atoms with Gasteiger partial charge in [-0.2, -0.15) is 0 Å². The van der Waals surface area contributed by atoms with E-state index in [1.165, 1.54) is 6.33 Å². The molecule has 0 saturated carbocycles. The average Bonchev–Trinajstić information content (AvgIpc) is 3.51. The SMILES string of the molecule is Cn1c(CNc2cccc(C(=O)NCc3ccccc3CN3CCC(O)C3)c2)nnc1-c1ccncn1. The smallest absolute Gasteiger partial charge is 0.251 e. The van der Waals surface area contributed by atoms with Gasteiger partial charge >= 0.3 is 0 Å². The van der Waals surface area contributed by atoms with Gasteiger partial charge in [0.2, 0.25) is 0 Å². The standard InChI is InChI=1S/C27H30N8O2/c1-34-25(32-33-26(34)24-9-11-28-18-31-24)15-29-22-8-4-7-19(13-22)27(37)30-14-20-5-2-3-6-21(20)16-35-12-10-23(36)17-35/h2-9,11,13,18,23,29,36H,10,12,14-17H2,1H3,(H,30,37). The minimum absolute atomic E-state index is 0.139. The molecule has 0 spiro atoms. The van der Waals surface area contributed by atoms with E-state index >= 15 is 0 Å². The molecule has 1 amide bonds. The number of likely N-dealkylation sites (tertiary alicyclic amines) is 1. The minimum atomic E-state index is -0.248. The molecule has 0 radical (unpaired) electrons. The lowest BCUT2D eigenvalue weighted by molar-refractivity contribution is 0.0951. The predicted molar refractivity (Wildman–Crippen MR) is 139 cm³/mol. The first-order valence-electron chi connectivity index (χ1n) is 12.3. The fourth-order valence-corrected chi connectivity index (χ4v) is 4.47. The van der Waals surface area contributed by atoms with Crippen molar-refractivity contribution < 1.29 is 9.90 Å². The molecule has 10 heteroatoms. The summed E-state index contributed by atoms with van der Waals surface area (Å²) in [6.07, 6.45) is 3.71. The van der Waals surface area contributed by atoms with Crippen molar-refractivity contribution in [1.82, 2.24) is 34.9 Å². The van der Waals surface area contributed by atoms with E-state index in [1.54, 1.807) is 18.3 Å². The van der Waals surface area contributed by atoms with Crippen molar-refractivity contribution in [3.05, 3.63) is 89.6 Å². The molecule has 5 rings (SSSR count). The summed E-state index contributed by atoms with van der Waals surface area (Å²) >= 11 is 0. The van der Waals surface area contributed by atoms with Crippen LogP contribution in [0, 0.1) is 0 Å². The van der Waals surface area contributed by atoms with Crippen LogP contribution < -0.4 is 10.6 Å². The van der Waals surface area contributed by atoms with Gasteiger partial charge in [0.1, 0.15) is 12.0 Å². The molecule has 1 atom stereocenters. The van der Waals surface area contributed by atoms with Crippen LogP contribution in [0.2, 0.25) is 0 Å². The van der Waals surface area contributed by atoms with Gasteiger partial charge in [-0.15, -0.1) is 10.2 Å². The summed E-state index contributed by atoms with van der Waals surface area (Å²) in [5, 5.41) is 24.7. The Labute approximate surface area is 215 Å². The van der Waals surface area contributed by atoms with Crippen LogP contribution in [-0.4, -0.2) is 59.8 Å². The Morgan fingerprint density at radius 3 is 2.73 bits per heavy atom. The average molecular weight is 499 g/mol. The number of hydrogen-bond donors (Lipinski definition) is 3. The Balaban J connectivity index is 1.19. The fraction of sp³-hybridized carbons (Fsp3) is 0.296. The molecule has 1 fully saturated rings. The van der Waals surface area contributed by atoms with Crippen LogP contribution in [0.25, 0.3) is 11.5 Å². The second-order valence-electron chi connectivity index (χ2n) is 9.16. The van der Waals surface area contributed by atoms with Crippen LogP contribution in [0.1, 0.15) is 33.7 Å². The van der Waals surface area contributed by atoms with Crippen molar-refractivity contribution in [3.8, 4) is 11.5 Å². The van der Waals surface area contributed by atoms with Gasteiger partial charge < -0.3 is 20.3 Å². The van der Waals surface area contributed by atoms with Crippen molar-refractivity contribution in [2.45, 2.75) is 32.2 Å². The summed E-state index contributed by atoms with van der Waals surface area (Å²) in [7, 11) is 1.89. The summed E-state index contributed by atoms with van der Waals surface area (Å²) in [4.78, 5) is 23.4. The quantitative estimate of drug-likeness (QED) is 0.322. The predicted octanol–water partition coefficient (Wildman–Crippen LogP) is 2.38. The van der Waals surface area contributed by atoms with Gasteiger partial charge in [-0.3, -0.25) is 9.69 Å². The third-order valence-corrected chi connectivity index (χ3v) is 6.55. The molecule has 1 aliphatic rings. The van der Waals surface area contributed by atoms with E-state index in [4.69, 9.17) is 0 Å². The summed E-state index contributed by atoms with van der Waals surface area (Å²) < 4.78 is 1.88. The highest BCUT2D eigenvalue weighted by molar-refractivity contribution is 5.95. The topological polar surface area (TPSA) is 121 Å². The number of hydrogen-bond acceptors (Lipinski definition) is 8. The van der Waals surface area contributed by atoms with Crippen LogP contribution in [-0.2, 0) is 26.7 Å². The maximum atomic E-state index is 12.9. The van der Waals surface area contributed by atoms with E-state index in [2.05, 4.69) is 41.8 Å². The Bertz CT molecular complexity index is 1360. The fourth-order valence-electron chi connectivity index (χ4n) is 4.47. The van der Waals surface area contributed by atoms with Crippen LogP contribution >= 0.6 is 0 Å². The first-order chi connectivity index (χ1) is 18.1. The highest BCUT2D eigenvalue weighted by Gasteiger charge is 2.21. The number of carbonyl (C=O) groups excluding carboxylic acids is 1. The number of aliphatic hydroxyl groups excluding tert-OH is 1. The lowest BCUT2D eigenvalue weighted by Gasteiger charge is -2.18. The van der Waals surface area contributed by atoms with E-state index in [9.17, 15) is 9.90 Å². The van der Waals surface area contributed by atoms with Gasteiger partial charge in [-0.05, 0) is 41.8 Å². The molecule has 3 N–H and O–H groups in total. The van der Waals surface area contributed by atoms with Gasteiger partial charge in [0.25, 0.3) is 5.91 Å². The van der Waals surface area contributed by atoms with E-state index < -0.39 is 0 Å². The van der Waals surface area contributed by atoms with Crippen LogP contribution in [0.3, 0.4) is 0 Å². The lowest BCUT2D eigenvalue weighted by atomic mass is 10.1. The summed E-state index contributed by atoms with van der Waals surface area (Å²) in [6.45, 7) is 3.23. The first kappa shape index (κ1) is 24.5. The number of nitrogens with one attached hydrogen (secondary N) is 2. The van der Waals surface area contributed by atoms with Gasteiger partial charge in [0.05, 0.1) is 12.6 Å². The minimum Gasteiger partial charge on any atom is -0.392 e. The third kappa shape index (κ3) is 5.99. The zero-order valence-corrected chi connectivity index (χ0v) is 20.7. The molecular formula is C27H30N8O2. The van der Waals surface area contributed by atoms with Crippen molar-refractivity contribution in [2.75, 3.05) is 18.4 Å². The highest BCUT2D eigenvalue weighted by Crippen LogP contribution is 2.18. The number of anilines is 1. The van der Waals surface area contributed by atoms with Gasteiger partial charge in [-0.1, -0.05) is 30.3 Å². The number of carbonyl (C=O) groups is 1. The second kappa shape index (κ2) is 11.3. The molecular weight excluding hydrogens is 468 g/mol.